The third-order valence-electron chi connectivity index (χ3n) is 5.59. The molecule has 1 aromatic carbocycles. The van der Waals surface area contributed by atoms with Crippen LogP contribution in [-0.2, 0) is 9.47 Å². The average molecular weight is 412 g/mol. The molecule has 4 rings (SSSR count). The number of carbonyl (C=O) groups excluding carboxylic acids is 1. The molecule has 7 nitrogen and oxygen atoms in total. The molecule has 1 N–H and O–H groups in total. The van der Waals surface area contributed by atoms with Gasteiger partial charge in [-0.2, -0.15) is 0 Å². The molecule has 2 unspecified atom stereocenters. The van der Waals surface area contributed by atoms with Gasteiger partial charge in [0.25, 0.3) is 5.91 Å². The van der Waals surface area contributed by atoms with Gasteiger partial charge in [-0.25, -0.2) is 0 Å². The highest BCUT2D eigenvalue weighted by molar-refractivity contribution is 5.94. The van der Waals surface area contributed by atoms with E-state index in [0.29, 0.717) is 31.9 Å². The van der Waals surface area contributed by atoms with Gasteiger partial charge in [0.1, 0.15) is 12.4 Å². The van der Waals surface area contributed by atoms with Crippen molar-refractivity contribution in [2.24, 2.45) is 0 Å². The Balaban J connectivity index is 1.33. The van der Waals surface area contributed by atoms with Crippen molar-refractivity contribution in [2.75, 3.05) is 46.1 Å². The maximum absolute atomic E-state index is 12.7. The van der Waals surface area contributed by atoms with Crippen molar-refractivity contribution in [2.45, 2.75) is 25.0 Å². The van der Waals surface area contributed by atoms with Gasteiger partial charge in [-0.15, -0.1) is 0 Å². The van der Waals surface area contributed by atoms with E-state index in [2.05, 4.69) is 21.3 Å². The first-order chi connectivity index (χ1) is 14.8. The molecule has 2 saturated heterocycles. The van der Waals surface area contributed by atoms with Crippen LogP contribution >= 0.6 is 0 Å². The number of nitrogens with one attached hydrogen (secondary N) is 1. The van der Waals surface area contributed by atoms with Crippen molar-refractivity contribution >= 4 is 5.91 Å². The first-order valence-electron chi connectivity index (χ1n) is 10.6. The van der Waals surface area contributed by atoms with Gasteiger partial charge in [0, 0.05) is 44.2 Å². The molecule has 0 radical (unpaired) electrons. The third-order valence-corrected chi connectivity index (χ3v) is 5.59. The molecular weight excluding hydrogens is 382 g/mol. The van der Waals surface area contributed by atoms with E-state index in [1.54, 1.807) is 18.3 Å². The van der Waals surface area contributed by atoms with Crippen LogP contribution < -0.4 is 10.1 Å². The average Bonchev–Trinajstić information content (AvgIpc) is 3.33. The van der Waals surface area contributed by atoms with E-state index in [4.69, 9.17) is 14.2 Å². The van der Waals surface area contributed by atoms with E-state index in [9.17, 15) is 4.79 Å². The minimum absolute atomic E-state index is 0.0700. The second kappa shape index (κ2) is 10.5. The summed E-state index contributed by atoms with van der Waals surface area (Å²) in [5.41, 5.74) is 1.71. The number of hydrogen-bond donors (Lipinski definition) is 1. The molecule has 2 aliphatic heterocycles. The number of ether oxygens (including phenoxy) is 3. The van der Waals surface area contributed by atoms with E-state index in [1.165, 1.54) is 0 Å². The van der Waals surface area contributed by atoms with Gasteiger partial charge in [0.15, 0.2) is 0 Å². The normalized spacial score (nSPS) is 20.6. The predicted octanol–water partition coefficient (Wildman–Crippen LogP) is 2.44. The number of rotatable bonds is 8. The smallest absolute Gasteiger partial charge is 0.251 e. The van der Waals surface area contributed by atoms with Crippen LogP contribution in [0.1, 0.15) is 34.8 Å². The van der Waals surface area contributed by atoms with Crippen molar-refractivity contribution in [1.82, 2.24) is 15.2 Å². The Kier molecular flexibility index (Phi) is 7.29. The molecule has 0 saturated carbocycles. The van der Waals surface area contributed by atoms with Crippen LogP contribution in [0.3, 0.4) is 0 Å². The Labute approximate surface area is 177 Å². The lowest BCUT2D eigenvalue weighted by Crippen LogP contribution is -2.43. The molecule has 3 heterocycles. The Morgan fingerprint density at radius 3 is 2.73 bits per heavy atom. The highest BCUT2D eigenvalue weighted by Crippen LogP contribution is 2.21. The first-order valence-corrected chi connectivity index (χ1v) is 10.6. The Morgan fingerprint density at radius 1 is 1.20 bits per heavy atom. The molecule has 2 atom stereocenters. The summed E-state index contributed by atoms with van der Waals surface area (Å²) in [4.78, 5) is 19.3. The second-order valence-electron chi connectivity index (χ2n) is 7.63. The van der Waals surface area contributed by atoms with E-state index in [-0.39, 0.29) is 18.1 Å². The SMILES string of the molecule is O=C(NCC(c1cccnc1)N1CCOCC1)c1ccc(OCC2CCCO2)cc1. The standard InChI is InChI=1S/C23H29N3O4/c27-23(18-5-7-20(8-6-18)30-17-21-4-2-12-29-21)25-16-22(19-3-1-9-24-15-19)26-10-13-28-14-11-26/h1,3,5-9,15,21-22H,2,4,10-14,16-17H2,(H,25,27). The number of aromatic nitrogens is 1. The van der Waals surface area contributed by atoms with Crippen molar-refractivity contribution in [3.63, 3.8) is 0 Å². The number of carbonyl (C=O) groups is 1. The topological polar surface area (TPSA) is 72.9 Å². The molecule has 160 valence electrons. The van der Waals surface area contributed by atoms with Crippen molar-refractivity contribution < 1.29 is 19.0 Å². The monoisotopic (exact) mass is 411 g/mol. The van der Waals surface area contributed by atoms with Gasteiger partial charge < -0.3 is 19.5 Å². The summed E-state index contributed by atoms with van der Waals surface area (Å²) in [5, 5.41) is 3.08. The molecule has 1 aromatic heterocycles. The molecule has 1 amide bonds. The second-order valence-corrected chi connectivity index (χ2v) is 7.63. The first kappa shape index (κ1) is 20.8. The molecule has 2 aliphatic rings. The van der Waals surface area contributed by atoms with Crippen molar-refractivity contribution in [1.29, 1.82) is 0 Å². The van der Waals surface area contributed by atoms with Crippen LogP contribution in [0, 0.1) is 0 Å². The largest absolute Gasteiger partial charge is 0.491 e. The minimum Gasteiger partial charge on any atom is -0.491 e. The lowest BCUT2D eigenvalue weighted by Gasteiger charge is -2.34. The Bertz CT molecular complexity index is 788. The molecule has 7 heteroatoms. The summed E-state index contributed by atoms with van der Waals surface area (Å²) in [6.07, 6.45) is 5.95. The Morgan fingerprint density at radius 2 is 2.03 bits per heavy atom. The van der Waals surface area contributed by atoms with E-state index >= 15 is 0 Å². The maximum atomic E-state index is 12.7. The molecule has 2 fully saturated rings. The summed E-state index contributed by atoms with van der Waals surface area (Å²) in [5.74, 6) is 0.659. The zero-order chi connectivity index (χ0) is 20.6. The van der Waals surface area contributed by atoms with E-state index in [0.717, 1.165) is 43.9 Å². The van der Waals surface area contributed by atoms with Gasteiger partial charge in [0.05, 0.1) is 25.4 Å². The summed E-state index contributed by atoms with van der Waals surface area (Å²) < 4.78 is 16.8. The Hall–Kier alpha value is -2.48. The van der Waals surface area contributed by atoms with Gasteiger partial charge in [-0.3, -0.25) is 14.7 Å². The minimum atomic E-state index is -0.0946. The third kappa shape index (κ3) is 5.56. The van der Waals surface area contributed by atoms with E-state index in [1.807, 2.05) is 24.4 Å². The van der Waals surface area contributed by atoms with E-state index < -0.39 is 0 Å². The van der Waals surface area contributed by atoms with Gasteiger partial charge in [-0.1, -0.05) is 6.07 Å². The van der Waals surface area contributed by atoms with Crippen LogP contribution in [0.5, 0.6) is 5.75 Å². The molecular formula is C23H29N3O4. The summed E-state index contributed by atoms with van der Waals surface area (Å²) in [7, 11) is 0. The lowest BCUT2D eigenvalue weighted by molar-refractivity contribution is 0.0161. The zero-order valence-corrected chi connectivity index (χ0v) is 17.2. The molecule has 0 aliphatic carbocycles. The molecule has 0 spiro atoms. The number of nitrogens with zero attached hydrogens (tertiary/aromatic N) is 2. The number of hydrogen-bond acceptors (Lipinski definition) is 6. The van der Waals surface area contributed by atoms with Crippen LogP contribution in [0.2, 0.25) is 0 Å². The predicted molar refractivity (Wildman–Crippen MR) is 113 cm³/mol. The summed E-state index contributed by atoms with van der Waals surface area (Å²) in [6.45, 7) is 4.98. The van der Waals surface area contributed by atoms with Gasteiger partial charge >= 0.3 is 0 Å². The number of pyridine rings is 1. The fraction of sp³-hybridized carbons (Fsp3) is 0.478. The molecule has 30 heavy (non-hydrogen) atoms. The van der Waals surface area contributed by atoms with Crippen molar-refractivity contribution in [3.05, 3.63) is 59.9 Å². The zero-order valence-electron chi connectivity index (χ0n) is 17.2. The maximum Gasteiger partial charge on any atom is 0.251 e. The summed E-state index contributed by atoms with van der Waals surface area (Å²) >= 11 is 0. The number of amides is 1. The molecule has 2 aromatic rings. The quantitative estimate of drug-likeness (QED) is 0.719. The fourth-order valence-electron chi connectivity index (χ4n) is 3.88. The summed E-state index contributed by atoms with van der Waals surface area (Å²) in [6, 6.07) is 11.3. The van der Waals surface area contributed by atoms with Crippen LogP contribution in [-0.4, -0.2) is 68.0 Å². The van der Waals surface area contributed by atoms with Gasteiger partial charge in [0.2, 0.25) is 0 Å². The van der Waals surface area contributed by atoms with Crippen LogP contribution in [0.4, 0.5) is 0 Å². The highest BCUT2D eigenvalue weighted by atomic mass is 16.5. The fourth-order valence-corrected chi connectivity index (χ4v) is 3.88. The van der Waals surface area contributed by atoms with Crippen LogP contribution in [0.15, 0.2) is 48.8 Å². The van der Waals surface area contributed by atoms with Crippen LogP contribution in [0.25, 0.3) is 0 Å². The number of benzene rings is 1. The lowest BCUT2D eigenvalue weighted by atomic mass is 10.1. The molecule has 0 bridgehead atoms. The van der Waals surface area contributed by atoms with Gasteiger partial charge in [-0.05, 0) is 48.7 Å². The van der Waals surface area contributed by atoms with Crippen molar-refractivity contribution in [3.8, 4) is 5.75 Å². The highest BCUT2D eigenvalue weighted by Gasteiger charge is 2.23. The number of morpholine rings is 1.